The van der Waals surface area contributed by atoms with Gasteiger partial charge in [-0.2, -0.15) is 15.0 Å². The second kappa shape index (κ2) is 28.7. The highest BCUT2D eigenvalue weighted by atomic mass is 35.5. The average molecular weight is 1320 g/mol. The minimum absolute atomic E-state index is 0.0198. The molecular formula is C69H66Cl3N9O12. The third-order valence-corrected chi connectivity index (χ3v) is 15.6. The van der Waals surface area contributed by atoms with Gasteiger partial charge in [0.15, 0.2) is 0 Å². The zero-order chi connectivity index (χ0) is 66.4. The lowest BCUT2D eigenvalue weighted by Crippen LogP contribution is -2.16. The number of carboxylic acids is 3. The van der Waals surface area contributed by atoms with Crippen molar-refractivity contribution < 1.29 is 57.5 Å². The second-order valence-electron chi connectivity index (χ2n) is 23.0. The predicted octanol–water partition coefficient (Wildman–Crippen LogP) is 16.6. The van der Waals surface area contributed by atoms with Gasteiger partial charge in [0, 0.05) is 104 Å². The van der Waals surface area contributed by atoms with Crippen LogP contribution in [0.2, 0.25) is 15.1 Å². The number of carboxylic acid groups (broad SMARTS) is 3. The Labute approximate surface area is 549 Å². The molecule has 21 nitrogen and oxygen atoms in total. The van der Waals surface area contributed by atoms with E-state index in [4.69, 9.17) is 62.6 Å². The van der Waals surface area contributed by atoms with Gasteiger partial charge in [0.2, 0.25) is 17.5 Å². The fraction of sp³-hybridized carbons (Fsp3) is 0.261. The van der Waals surface area contributed by atoms with Crippen LogP contribution < -0.4 is 14.2 Å². The molecule has 0 saturated carbocycles. The molecule has 0 aliphatic heterocycles. The van der Waals surface area contributed by atoms with Gasteiger partial charge >= 0.3 is 17.9 Å². The maximum atomic E-state index is 11.2. The Hall–Kier alpha value is -9.96. The summed E-state index contributed by atoms with van der Waals surface area (Å²) in [6.45, 7) is 17.8. The van der Waals surface area contributed by atoms with Crippen molar-refractivity contribution in [3.63, 3.8) is 0 Å². The lowest BCUT2D eigenvalue weighted by atomic mass is 10.1. The van der Waals surface area contributed by atoms with Crippen LogP contribution in [0, 0.1) is 17.8 Å². The second-order valence-corrected chi connectivity index (χ2v) is 24.3. The van der Waals surface area contributed by atoms with Crippen molar-refractivity contribution in [1.82, 2.24) is 44.1 Å². The molecule has 0 saturated heterocycles. The summed E-state index contributed by atoms with van der Waals surface area (Å²) >= 11 is 19.0. The maximum absolute atomic E-state index is 11.2. The first-order valence-electron chi connectivity index (χ1n) is 29.8. The minimum Gasteiger partial charge on any atom is -0.489 e. The molecule has 6 aromatic heterocycles. The van der Waals surface area contributed by atoms with Crippen LogP contribution in [0.5, 0.6) is 17.2 Å². The third kappa shape index (κ3) is 15.4. The summed E-state index contributed by atoms with van der Waals surface area (Å²) in [7, 11) is 0. The summed E-state index contributed by atoms with van der Waals surface area (Å²) in [5.74, 6) is 0.216. The highest BCUT2D eigenvalue weighted by Crippen LogP contribution is 2.38. The van der Waals surface area contributed by atoms with Crippen LogP contribution in [-0.2, 0) is 34.0 Å². The first-order chi connectivity index (χ1) is 44.5. The topological polar surface area (TPSA) is 271 Å². The fourth-order valence-electron chi connectivity index (χ4n) is 10.1. The number of halogens is 3. The predicted molar refractivity (Wildman–Crippen MR) is 355 cm³/mol. The fourth-order valence-corrected chi connectivity index (χ4v) is 10.8. The zero-order valence-electron chi connectivity index (χ0n) is 52.1. The van der Waals surface area contributed by atoms with Crippen LogP contribution in [0.4, 0.5) is 0 Å². The molecule has 0 bridgehead atoms. The van der Waals surface area contributed by atoms with Gasteiger partial charge in [0.1, 0.15) is 17.2 Å². The highest BCUT2D eigenvalue weighted by molar-refractivity contribution is 6.33. The smallest absolute Gasteiger partial charge is 0.308 e. The molecule has 6 aromatic carbocycles. The van der Waals surface area contributed by atoms with E-state index in [0.29, 0.717) is 87.1 Å². The first kappa shape index (κ1) is 66.0. The van der Waals surface area contributed by atoms with E-state index in [1.54, 1.807) is 57.2 Å². The van der Waals surface area contributed by atoms with Crippen molar-refractivity contribution >= 4 is 85.4 Å². The van der Waals surface area contributed by atoms with Crippen molar-refractivity contribution in [2.45, 2.75) is 100 Å². The molecule has 0 aliphatic rings. The van der Waals surface area contributed by atoms with Gasteiger partial charge in [-0.1, -0.05) is 89.2 Å². The van der Waals surface area contributed by atoms with Crippen LogP contribution in [0.15, 0.2) is 160 Å². The maximum Gasteiger partial charge on any atom is 0.308 e. The van der Waals surface area contributed by atoms with Crippen LogP contribution in [0.25, 0.3) is 101 Å². The number of aromatic nitrogens is 9. The van der Waals surface area contributed by atoms with E-state index in [0.717, 1.165) is 66.1 Å². The number of hydrogen-bond donors (Lipinski definition) is 3. The standard InChI is InChI=1S/3C23H22ClN3O4/c3*1-13(2)30-20-8-7-15(11-18(20)24)21-25-22(31-26-21)17-5-4-6-19-16(17)9-10-27(19)12-14(3)23(28)29/h3*4-11,13-14H,12H2,1-3H3,(H,28,29)/t2*14-;/m10./s1. The lowest BCUT2D eigenvalue weighted by molar-refractivity contribution is -0.142. The van der Waals surface area contributed by atoms with Crippen LogP contribution in [0.1, 0.15) is 62.3 Å². The molecule has 0 radical (unpaired) electrons. The number of rotatable bonds is 21. The van der Waals surface area contributed by atoms with Gasteiger partial charge in [-0.05, 0) is 151 Å². The molecular weight excluding hydrogens is 1250 g/mol. The monoisotopic (exact) mass is 1320 g/mol. The molecule has 6 heterocycles. The van der Waals surface area contributed by atoms with Gasteiger partial charge < -0.3 is 56.8 Å². The number of benzene rings is 6. The van der Waals surface area contributed by atoms with Crippen LogP contribution in [-0.4, -0.2) is 95.7 Å². The molecule has 93 heavy (non-hydrogen) atoms. The van der Waals surface area contributed by atoms with Gasteiger partial charge in [0.05, 0.1) is 51.1 Å². The largest absolute Gasteiger partial charge is 0.489 e. The molecule has 1 unspecified atom stereocenters. The van der Waals surface area contributed by atoms with Crippen LogP contribution in [0.3, 0.4) is 0 Å². The Balaban J connectivity index is 0.000000153. The van der Waals surface area contributed by atoms with E-state index in [1.807, 2.05) is 165 Å². The molecule has 0 amide bonds. The van der Waals surface area contributed by atoms with Crippen molar-refractivity contribution in [1.29, 1.82) is 0 Å². The van der Waals surface area contributed by atoms with Gasteiger partial charge in [-0.25, -0.2) is 0 Å². The summed E-state index contributed by atoms with van der Waals surface area (Å²) < 4.78 is 39.4. The van der Waals surface area contributed by atoms with Crippen molar-refractivity contribution in [3.8, 4) is 85.8 Å². The number of nitrogens with zero attached hydrogens (tertiary/aromatic N) is 9. The van der Waals surface area contributed by atoms with E-state index in [-0.39, 0.29) is 18.3 Å². The first-order valence-corrected chi connectivity index (χ1v) is 31.0. The van der Waals surface area contributed by atoms with E-state index < -0.39 is 35.7 Å². The molecule has 3 atom stereocenters. The normalized spacial score (nSPS) is 12.4. The molecule has 12 aromatic rings. The molecule has 0 fully saturated rings. The number of aliphatic carboxylic acids is 3. The number of fused-ring (bicyclic) bond motifs is 3. The summed E-state index contributed by atoms with van der Waals surface area (Å²) in [6.07, 6.45) is 5.68. The van der Waals surface area contributed by atoms with E-state index >= 15 is 0 Å². The Kier molecular flexibility index (Phi) is 20.4. The summed E-state index contributed by atoms with van der Waals surface area (Å²) in [5.41, 5.74) is 7.22. The van der Waals surface area contributed by atoms with Crippen LogP contribution >= 0.6 is 34.8 Å². The molecule has 12 rings (SSSR count). The van der Waals surface area contributed by atoms with Gasteiger partial charge in [0.25, 0.3) is 17.7 Å². The Bertz CT molecular complexity index is 4200. The van der Waals surface area contributed by atoms with Crippen molar-refractivity contribution in [2.75, 3.05) is 0 Å². The lowest BCUT2D eigenvalue weighted by Gasteiger charge is -2.11. The summed E-state index contributed by atoms with van der Waals surface area (Å²) in [5, 5.41) is 44.1. The Morgan fingerprint density at radius 1 is 0.409 bits per heavy atom. The zero-order valence-corrected chi connectivity index (χ0v) is 54.4. The van der Waals surface area contributed by atoms with Crippen molar-refractivity contribution in [3.05, 3.63) is 161 Å². The molecule has 480 valence electrons. The molecule has 0 aliphatic carbocycles. The van der Waals surface area contributed by atoms with E-state index in [9.17, 15) is 29.7 Å². The quantitative estimate of drug-likeness (QED) is 0.0603. The summed E-state index contributed by atoms with van der Waals surface area (Å²) in [6, 6.07) is 39.1. The Morgan fingerprint density at radius 2 is 0.677 bits per heavy atom. The SMILES string of the molecule is CC(C)Oc1ccc(-c2noc(-c3cccc4c3ccn4CC(C)C(=O)O)n2)cc1Cl.CC(C)Oc1ccc(-c2noc(-c3cccc4c3ccn4C[C@@H](C)C(=O)O)n2)cc1Cl.CC(C)Oc1ccc(-c2noc(-c3cccc4c3ccn4C[C@H](C)C(=O)O)n2)cc1Cl. The third-order valence-electron chi connectivity index (χ3n) is 14.7. The van der Waals surface area contributed by atoms with E-state index in [1.165, 1.54) is 0 Å². The van der Waals surface area contributed by atoms with Gasteiger partial charge in [-0.15, -0.1) is 0 Å². The molecule has 24 heteroatoms. The molecule has 0 spiro atoms. The van der Waals surface area contributed by atoms with Crippen molar-refractivity contribution in [2.24, 2.45) is 17.8 Å². The Morgan fingerprint density at radius 3 is 0.914 bits per heavy atom. The highest BCUT2D eigenvalue weighted by Gasteiger charge is 2.23. The number of carbonyl (C=O) groups is 3. The van der Waals surface area contributed by atoms with Gasteiger partial charge in [-0.3, -0.25) is 14.4 Å². The summed E-state index contributed by atoms with van der Waals surface area (Å²) in [4.78, 5) is 47.3. The number of hydrogen-bond acceptors (Lipinski definition) is 15. The minimum atomic E-state index is -0.831. The van der Waals surface area contributed by atoms with E-state index in [2.05, 4.69) is 30.4 Å². The number of ether oxygens (including phenoxy) is 3. The molecule has 3 N–H and O–H groups in total. The average Bonchev–Trinajstić information content (AvgIpc) is 1.67.